The Balaban J connectivity index is 1.66. The van der Waals surface area contributed by atoms with Gasteiger partial charge in [0.1, 0.15) is 11.9 Å². The number of benzene rings is 2. The number of carbonyl (C=O) groups excluding carboxylic acids is 1. The van der Waals surface area contributed by atoms with E-state index in [9.17, 15) is 4.79 Å². The van der Waals surface area contributed by atoms with E-state index in [1.807, 2.05) is 18.2 Å². The molecule has 0 aliphatic carbocycles. The third-order valence-corrected chi connectivity index (χ3v) is 5.56. The highest BCUT2D eigenvalue weighted by Gasteiger charge is 2.22. The van der Waals surface area contributed by atoms with Crippen LogP contribution in [0.15, 0.2) is 66.9 Å². The van der Waals surface area contributed by atoms with Crippen LogP contribution >= 0.6 is 11.6 Å². The Kier molecular flexibility index (Phi) is 7.80. The van der Waals surface area contributed by atoms with E-state index in [2.05, 4.69) is 10.3 Å². The third-order valence-electron chi connectivity index (χ3n) is 5.31. The standard InChI is InChI=1S/C26H25ClN2O5/c1-31-23-9-3-17(13-24(23)32-2)21(14-22(30)25-16-28-11-12-33-25)18-4-10-26(29-15-18)34-20-7-5-19(27)6-8-20/h3-10,13-15,25,28H,11-12,16H2,1-2H3. The number of ether oxygens (including phenoxy) is 4. The molecule has 1 fully saturated rings. The first-order chi connectivity index (χ1) is 16.6. The van der Waals surface area contributed by atoms with Gasteiger partial charge in [-0.05, 0) is 59.7 Å². The highest BCUT2D eigenvalue weighted by Crippen LogP contribution is 2.33. The monoisotopic (exact) mass is 480 g/mol. The van der Waals surface area contributed by atoms with Gasteiger partial charge in [0.05, 0.1) is 20.8 Å². The van der Waals surface area contributed by atoms with Crippen molar-refractivity contribution in [3.8, 4) is 23.1 Å². The average Bonchev–Trinajstić information content (AvgIpc) is 2.89. The molecule has 2 aromatic carbocycles. The first-order valence-electron chi connectivity index (χ1n) is 10.8. The Bertz CT molecular complexity index is 1160. The van der Waals surface area contributed by atoms with E-state index in [0.29, 0.717) is 46.9 Å². The number of rotatable bonds is 8. The van der Waals surface area contributed by atoms with Crippen molar-refractivity contribution in [3.63, 3.8) is 0 Å². The molecule has 1 aliphatic rings. The molecule has 0 amide bonds. The number of ketones is 1. The molecule has 1 saturated heterocycles. The maximum absolute atomic E-state index is 13.0. The van der Waals surface area contributed by atoms with Gasteiger partial charge < -0.3 is 24.3 Å². The number of halogens is 1. The maximum atomic E-state index is 13.0. The Morgan fingerprint density at radius 3 is 2.47 bits per heavy atom. The number of methoxy groups -OCH3 is 2. The van der Waals surface area contributed by atoms with Crippen LogP contribution in [0.3, 0.4) is 0 Å². The second kappa shape index (κ2) is 11.2. The van der Waals surface area contributed by atoms with Gasteiger partial charge in [-0.25, -0.2) is 4.98 Å². The Hall–Kier alpha value is -3.39. The van der Waals surface area contributed by atoms with Crippen LogP contribution in [0.5, 0.6) is 23.1 Å². The van der Waals surface area contributed by atoms with Crippen molar-refractivity contribution in [2.24, 2.45) is 0 Å². The molecule has 4 rings (SSSR count). The zero-order valence-electron chi connectivity index (χ0n) is 18.9. The second-order valence-corrected chi connectivity index (χ2v) is 7.97. The summed E-state index contributed by atoms with van der Waals surface area (Å²) in [6.45, 7) is 1.70. The highest BCUT2D eigenvalue weighted by molar-refractivity contribution is 6.30. The number of aromatic nitrogens is 1. The van der Waals surface area contributed by atoms with Gasteiger partial charge in [0.25, 0.3) is 0 Å². The number of nitrogens with one attached hydrogen (secondary N) is 1. The lowest BCUT2D eigenvalue weighted by Gasteiger charge is -2.22. The number of pyridine rings is 1. The summed E-state index contributed by atoms with van der Waals surface area (Å²) in [7, 11) is 3.15. The zero-order chi connectivity index (χ0) is 23.9. The number of nitrogens with zero attached hydrogens (tertiary/aromatic N) is 1. The highest BCUT2D eigenvalue weighted by atomic mass is 35.5. The van der Waals surface area contributed by atoms with Crippen molar-refractivity contribution in [2.75, 3.05) is 33.9 Å². The van der Waals surface area contributed by atoms with Gasteiger partial charge in [0, 0.05) is 35.9 Å². The Morgan fingerprint density at radius 2 is 1.82 bits per heavy atom. The van der Waals surface area contributed by atoms with Crippen molar-refractivity contribution in [1.29, 1.82) is 0 Å². The second-order valence-electron chi connectivity index (χ2n) is 7.53. The number of hydrogen-bond donors (Lipinski definition) is 1. The van der Waals surface area contributed by atoms with E-state index in [4.69, 9.17) is 30.5 Å². The van der Waals surface area contributed by atoms with Gasteiger partial charge in [-0.1, -0.05) is 17.7 Å². The zero-order valence-corrected chi connectivity index (χ0v) is 19.7. The predicted octanol–water partition coefficient (Wildman–Crippen LogP) is 4.53. The number of morpholine rings is 1. The minimum atomic E-state index is -0.538. The van der Waals surface area contributed by atoms with Crippen LogP contribution in [0.2, 0.25) is 5.02 Å². The van der Waals surface area contributed by atoms with Crippen molar-refractivity contribution in [2.45, 2.75) is 6.10 Å². The SMILES string of the molecule is COc1ccc(C(=CC(=O)C2CNCCO2)c2ccc(Oc3ccc(Cl)cc3)nc2)cc1OC. The van der Waals surface area contributed by atoms with Gasteiger partial charge in [-0.15, -0.1) is 0 Å². The lowest BCUT2D eigenvalue weighted by atomic mass is 9.96. The largest absolute Gasteiger partial charge is 0.493 e. The summed E-state index contributed by atoms with van der Waals surface area (Å²) in [6.07, 6.45) is 2.72. The first kappa shape index (κ1) is 23.8. The lowest BCUT2D eigenvalue weighted by molar-refractivity contribution is -0.126. The fraction of sp³-hybridized carbons (Fsp3) is 0.231. The molecule has 0 radical (unpaired) electrons. The average molecular weight is 481 g/mol. The van der Waals surface area contributed by atoms with E-state index in [1.165, 1.54) is 0 Å². The summed E-state index contributed by atoms with van der Waals surface area (Å²) >= 11 is 5.93. The van der Waals surface area contributed by atoms with Crippen LogP contribution in [0, 0.1) is 0 Å². The molecule has 2 heterocycles. The van der Waals surface area contributed by atoms with Gasteiger partial charge in [0.15, 0.2) is 17.3 Å². The van der Waals surface area contributed by atoms with Crippen LogP contribution in [0.25, 0.3) is 5.57 Å². The molecule has 0 saturated carbocycles. The molecule has 8 heteroatoms. The summed E-state index contributed by atoms with van der Waals surface area (Å²) in [4.78, 5) is 17.4. The Morgan fingerprint density at radius 1 is 1.06 bits per heavy atom. The molecule has 1 aromatic heterocycles. The molecule has 3 aromatic rings. The summed E-state index contributed by atoms with van der Waals surface area (Å²) in [5, 5.41) is 3.81. The van der Waals surface area contributed by atoms with Crippen LogP contribution in [0.4, 0.5) is 0 Å². The van der Waals surface area contributed by atoms with Crippen LogP contribution in [-0.4, -0.2) is 50.8 Å². The van der Waals surface area contributed by atoms with Crippen molar-refractivity contribution in [3.05, 3.63) is 83.0 Å². The lowest BCUT2D eigenvalue weighted by Crippen LogP contribution is -2.42. The van der Waals surface area contributed by atoms with Crippen molar-refractivity contribution < 1.29 is 23.7 Å². The van der Waals surface area contributed by atoms with Gasteiger partial charge in [-0.2, -0.15) is 0 Å². The fourth-order valence-corrected chi connectivity index (χ4v) is 3.67. The van der Waals surface area contributed by atoms with Gasteiger partial charge in [0.2, 0.25) is 5.88 Å². The summed E-state index contributed by atoms with van der Waals surface area (Å²) < 4.78 is 22.3. The first-order valence-corrected chi connectivity index (χ1v) is 11.2. The molecule has 34 heavy (non-hydrogen) atoms. The fourth-order valence-electron chi connectivity index (χ4n) is 3.54. The molecule has 1 N–H and O–H groups in total. The minimum Gasteiger partial charge on any atom is -0.493 e. The molecule has 1 unspecified atom stereocenters. The number of hydrogen-bond acceptors (Lipinski definition) is 7. The van der Waals surface area contributed by atoms with E-state index >= 15 is 0 Å². The van der Waals surface area contributed by atoms with E-state index in [-0.39, 0.29) is 5.78 Å². The predicted molar refractivity (Wildman–Crippen MR) is 130 cm³/mol. The smallest absolute Gasteiger partial charge is 0.219 e. The van der Waals surface area contributed by atoms with E-state index in [0.717, 1.165) is 17.7 Å². The van der Waals surface area contributed by atoms with Crippen molar-refractivity contribution in [1.82, 2.24) is 10.3 Å². The van der Waals surface area contributed by atoms with Crippen LogP contribution < -0.4 is 19.5 Å². The van der Waals surface area contributed by atoms with Crippen LogP contribution in [-0.2, 0) is 9.53 Å². The quantitative estimate of drug-likeness (QED) is 0.474. The minimum absolute atomic E-state index is 0.126. The summed E-state index contributed by atoms with van der Waals surface area (Å²) in [6, 6.07) is 16.1. The van der Waals surface area contributed by atoms with E-state index < -0.39 is 6.10 Å². The summed E-state index contributed by atoms with van der Waals surface area (Å²) in [5.41, 5.74) is 2.21. The number of carbonyl (C=O) groups is 1. The van der Waals surface area contributed by atoms with Crippen LogP contribution in [0.1, 0.15) is 11.1 Å². The Labute approximate surface area is 203 Å². The van der Waals surface area contributed by atoms with Gasteiger partial charge in [-0.3, -0.25) is 4.79 Å². The van der Waals surface area contributed by atoms with E-state index in [1.54, 1.807) is 62.9 Å². The molecule has 176 valence electrons. The van der Waals surface area contributed by atoms with Crippen molar-refractivity contribution >= 4 is 23.0 Å². The maximum Gasteiger partial charge on any atom is 0.219 e. The third kappa shape index (κ3) is 5.75. The molecule has 0 spiro atoms. The molecular weight excluding hydrogens is 456 g/mol. The molecule has 0 bridgehead atoms. The summed E-state index contributed by atoms with van der Waals surface area (Å²) in [5.74, 6) is 2.07. The van der Waals surface area contributed by atoms with Gasteiger partial charge >= 0.3 is 0 Å². The molecule has 7 nitrogen and oxygen atoms in total. The molecular formula is C26H25ClN2O5. The molecule has 1 atom stereocenters. The molecule has 1 aliphatic heterocycles. The topological polar surface area (TPSA) is 78.9 Å². The normalized spacial score (nSPS) is 16.1.